The van der Waals surface area contributed by atoms with Gasteiger partial charge in [-0.2, -0.15) is 0 Å². The molecular formula is C6H16N4. The largest absolute Gasteiger partial charge is 0.328 e. The zero-order valence-electron chi connectivity index (χ0n) is 6.21. The van der Waals surface area contributed by atoms with Crippen LogP contribution in [0.5, 0.6) is 0 Å². The summed E-state index contributed by atoms with van der Waals surface area (Å²) in [6.07, 6.45) is 0.0575. The second-order valence-electron chi connectivity index (χ2n) is 2.59. The molecule has 1 heterocycles. The van der Waals surface area contributed by atoms with Crippen molar-refractivity contribution >= 4 is 0 Å². The van der Waals surface area contributed by atoms with E-state index in [-0.39, 0.29) is 6.17 Å². The Balaban J connectivity index is 2.24. The number of rotatable bonds is 2. The average Bonchev–Trinajstić information content (AvgIpc) is 2.05. The molecule has 10 heavy (non-hydrogen) atoms. The van der Waals surface area contributed by atoms with Gasteiger partial charge in [-0.15, -0.1) is 0 Å². The maximum atomic E-state index is 5.72. The number of piperazine rings is 1. The van der Waals surface area contributed by atoms with Crippen molar-refractivity contribution in [3.8, 4) is 0 Å². The maximum Gasteiger partial charge on any atom is 0.0699 e. The van der Waals surface area contributed by atoms with E-state index in [9.17, 15) is 0 Å². The van der Waals surface area contributed by atoms with Gasteiger partial charge in [0.15, 0.2) is 0 Å². The maximum absolute atomic E-state index is 5.72. The fraction of sp³-hybridized carbons (Fsp3) is 1.00. The first-order valence-corrected chi connectivity index (χ1v) is 3.75. The molecule has 0 amide bonds. The molecule has 1 unspecified atom stereocenters. The number of nitrogens with two attached hydrogens (primary N) is 2. The summed E-state index contributed by atoms with van der Waals surface area (Å²) >= 11 is 0. The first kappa shape index (κ1) is 7.94. The van der Waals surface area contributed by atoms with Gasteiger partial charge in [-0.05, 0) is 0 Å². The highest BCUT2D eigenvalue weighted by Gasteiger charge is 2.14. The summed E-state index contributed by atoms with van der Waals surface area (Å²) in [5.74, 6) is 0. The zero-order valence-corrected chi connectivity index (χ0v) is 6.21. The van der Waals surface area contributed by atoms with Crippen LogP contribution in [0.25, 0.3) is 0 Å². The summed E-state index contributed by atoms with van der Waals surface area (Å²) in [5, 5.41) is 3.26. The van der Waals surface area contributed by atoms with Crippen LogP contribution in [0.4, 0.5) is 0 Å². The quantitative estimate of drug-likeness (QED) is 0.425. The Kier molecular flexibility index (Phi) is 3.08. The average molecular weight is 144 g/mol. The molecule has 0 aromatic carbocycles. The Morgan fingerprint density at radius 1 is 1.40 bits per heavy atom. The van der Waals surface area contributed by atoms with E-state index in [2.05, 4.69) is 10.2 Å². The highest BCUT2D eigenvalue weighted by atomic mass is 15.3. The SMILES string of the molecule is NCC(N)N1CCNCC1. The molecule has 0 aliphatic carbocycles. The van der Waals surface area contributed by atoms with Gasteiger partial charge in [0.05, 0.1) is 6.17 Å². The van der Waals surface area contributed by atoms with E-state index in [1.165, 1.54) is 0 Å². The third-order valence-electron chi connectivity index (χ3n) is 1.86. The minimum absolute atomic E-state index is 0.0575. The molecule has 1 rings (SSSR count). The van der Waals surface area contributed by atoms with E-state index in [4.69, 9.17) is 11.5 Å². The topological polar surface area (TPSA) is 67.3 Å². The Morgan fingerprint density at radius 3 is 2.50 bits per heavy atom. The van der Waals surface area contributed by atoms with E-state index >= 15 is 0 Å². The number of nitrogens with one attached hydrogen (secondary N) is 1. The third kappa shape index (κ3) is 1.91. The van der Waals surface area contributed by atoms with Crippen molar-refractivity contribution in [2.75, 3.05) is 32.7 Å². The van der Waals surface area contributed by atoms with Crippen molar-refractivity contribution in [2.45, 2.75) is 6.17 Å². The molecule has 1 aliphatic heterocycles. The predicted molar refractivity (Wildman–Crippen MR) is 41.5 cm³/mol. The van der Waals surface area contributed by atoms with Crippen molar-refractivity contribution in [1.29, 1.82) is 0 Å². The second-order valence-corrected chi connectivity index (χ2v) is 2.59. The van der Waals surface area contributed by atoms with Crippen molar-refractivity contribution in [1.82, 2.24) is 10.2 Å². The van der Waals surface area contributed by atoms with Crippen LogP contribution in [0.15, 0.2) is 0 Å². The molecule has 1 saturated heterocycles. The van der Waals surface area contributed by atoms with Gasteiger partial charge in [-0.3, -0.25) is 4.90 Å². The molecule has 0 radical (unpaired) electrons. The second kappa shape index (κ2) is 3.88. The number of hydrogen-bond donors (Lipinski definition) is 3. The Labute approximate surface area is 61.5 Å². The van der Waals surface area contributed by atoms with Crippen LogP contribution in [0.2, 0.25) is 0 Å². The highest BCUT2D eigenvalue weighted by molar-refractivity contribution is 4.72. The lowest BCUT2D eigenvalue weighted by molar-refractivity contribution is 0.180. The molecule has 1 aliphatic rings. The molecule has 4 heteroatoms. The molecule has 0 spiro atoms. The monoisotopic (exact) mass is 144 g/mol. The van der Waals surface area contributed by atoms with Crippen LogP contribution in [0, 0.1) is 0 Å². The number of nitrogens with zero attached hydrogens (tertiary/aromatic N) is 1. The van der Waals surface area contributed by atoms with Crippen molar-refractivity contribution in [2.24, 2.45) is 11.5 Å². The van der Waals surface area contributed by atoms with E-state index in [0.717, 1.165) is 26.2 Å². The molecule has 1 fully saturated rings. The first-order valence-electron chi connectivity index (χ1n) is 3.75. The van der Waals surface area contributed by atoms with Gasteiger partial charge in [0.1, 0.15) is 0 Å². The van der Waals surface area contributed by atoms with E-state index < -0.39 is 0 Å². The molecule has 60 valence electrons. The van der Waals surface area contributed by atoms with E-state index in [1.54, 1.807) is 0 Å². The van der Waals surface area contributed by atoms with Crippen LogP contribution in [0.3, 0.4) is 0 Å². The minimum Gasteiger partial charge on any atom is -0.328 e. The van der Waals surface area contributed by atoms with Gasteiger partial charge in [0, 0.05) is 32.7 Å². The van der Waals surface area contributed by atoms with Gasteiger partial charge < -0.3 is 16.8 Å². The lowest BCUT2D eigenvalue weighted by atomic mass is 10.3. The molecular weight excluding hydrogens is 128 g/mol. The van der Waals surface area contributed by atoms with Crippen LogP contribution in [0.1, 0.15) is 0 Å². The van der Waals surface area contributed by atoms with Crippen LogP contribution in [-0.4, -0.2) is 43.8 Å². The number of hydrogen-bond acceptors (Lipinski definition) is 4. The highest BCUT2D eigenvalue weighted by Crippen LogP contribution is 1.93. The molecule has 0 aromatic rings. The van der Waals surface area contributed by atoms with Gasteiger partial charge in [0.25, 0.3) is 0 Å². The Morgan fingerprint density at radius 2 is 2.00 bits per heavy atom. The van der Waals surface area contributed by atoms with E-state index in [1.807, 2.05) is 0 Å². The molecule has 1 atom stereocenters. The molecule has 5 N–H and O–H groups in total. The summed E-state index contributed by atoms with van der Waals surface area (Å²) in [5.41, 5.74) is 11.1. The first-order chi connectivity index (χ1) is 4.84. The van der Waals surface area contributed by atoms with Gasteiger partial charge in [0.2, 0.25) is 0 Å². The van der Waals surface area contributed by atoms with Crippen LogP contribution < -0.4 is 16.8 Å². The summed E-state index contributed by atoms with van der Waals surface area (Å²) in [7, 11) is 0. The van der Waals surface area contributed by atoms with Crippen molar-refractivity contribution in [3.05, 3.63) is 0 Å². The molecule has 0 saturated carbocycles. The zero-order chi connectivity index (χ0) is 7.40. The minimum atomic E-state index is 0.0575. The predicted octanol–water partition coefficient (Wildman–Crippen LogP) is -1.86. The fourth-order valence-corrected chi connectivity index (χ4v) is 1.16. The standard InChI is InChI=1S/C6H16N4/c7-5-6(8)10-3-1-9-2-4-10/h6,9H,1-5,7-8H2. The molecule has 4 nitrogen and oxygen atoms in total. The lowest BCUT2D eigenvalue weighted by Gasteiger charge is -2.31. The summed E-state index contributed by atoms with van der Waals surface area (Å²) in [6, 6.07) is 0. The summed E-state index contributed by atoms with van der Waals surface area (Å²) < 4.78 is 0. The molecule has 0 aromatic heterocycles. The fourth-order valence-electron chi connectivity index (χ4n) is 1.16. The summed E-state index contributed by atoms with van der Waals surface area (Å²) in [6.45, 7) is 4.68. The van der Waals surface area contributed by atoms with Crippen molar-refractivity contribution in [3.63, 3.8) is 0 Å². The van der Waals surface area contributed by atoms with Crippen LogP contribution >= 0.6 is 0 Å². The normalized spacial score (nSPS) is 24.6. The summed E-state index contributed by atoms with van der Waals surface area (Å²) in [4.78, 5) is 2.20. The van der Waals surface area contributed by atoms with Gasteiger partial charge in [-0.25, -0.2) is 0 Å². The Hall–Kier alpha value is -0.160. The Bertz CT molecular complexity index is 89.7. The van der Waals surface area contributed by atoms with Gasteiger partial charge in [-0.1, -0.05) is 0 Å². The third-order valence-corrected chi connectivity index (χ3v) is 1.86. The van der Waals surface area contributed by atoms with E-state index in [0.29, 0.717) is 6.54 Å². The smallest absolute Gasteiger partial charge is 0.0699 e. The van der Waals surface area contributed by atoms with Crippen molar-refractivity contribution < 1.29 is 0 Å². The molecule has 0 bridgehead atoms. The lowest BCUT2D eigenvalue weighted by Crippen LogP contribution is -2.54. The van der Waals surface area contributed by atoms with Crippen LogP contribution in [-0.2, 0) is 0 Å². The van der Waals surface area contributed by atoms with Gasteiger partial charge >= 0.3 is 0 Å².